The highest BCUT2D eigenvalue weighted by Crippen LogP contribution is 2.40. The van der Waals surface area contributed by atoms with Gasteiger partial charge >= 0.3 is 0 Å². The second kappa shape index (κ2) is 8.98. The van der Waals surface area contributed by atoms with Crippen molar-refractivity contribution < 1.29 is 5.11 Å². The van der Waals surface area contributed by atoms with Crippen LogP contribution in [0.15, 0.2) is 0 Å². The largest absolute Gasteiger partial charge is 0.394 e. The lowest BCUT2D eigenvalue weighted by Gasteiger charge is -2.38. The van der Waals surface area contributed by atoms with Gasteiger partial charge in [0.2, 0.25) is 0 Å². The molecule has 4 nitrogen and oxygen atoms in total. The van der Waals surface area contributed by atoms with Crippen LogP contribution in [0.25, 0.3) is 0 Å². The average Bonchev–Trinajstić information content (AvgIpc) is 3.26. The van der Waals surface area contributed by atoms with E-state index in [0.29, 0.717) is 5.92 Å². The van der Waals surface area contributed by atoms with E-state index in [2.05, 4.69) is 43.1 Å². The molecule has 1 fully saturated rings. The average molecular weight is 285 g/mol. The zero-order valence-corrected chi connectivity index (χ0v) is 14.0. The van der Waals surface area contributed by atoms with Crippen molar-refractivity contribution in [1.82, 2.24) is 15.1 Å². The molecule has 0 heterocycles. The van der Waals surface area contributed by atoms with Crippen LogP contribution in [0.2, 0.25) is 0 Å². The van der Waals surface area contributed by atoms with Gasteiger partial charge in [-0.3, -0.25) is 0 Å². The topological polar surface area (TPSA) is 38.7 Å². The molecule has 0 aromatic rings. The molecule has 1 aliphatic carbocycles. The summed E-state index contributed by atoms with van der Waals surface area (Å²) in [7, 11) is 4.25. The van der Waals surface area contributed by atoms with Crippen molar-refractivity contribution in [1.29, 1.82) is 0 Å². The molecule has 0 bridgehead atoms. The second-order valence-corrected chi connectivity index (χ2v) is 6.54. The first kappa shape index (κ1) is 17.9. The molecule has 0 saturated heterocycles. The summed E-state index contributed by atoms with van der Waals surface area (Å²) in [6.07, 6.45) is 4.86. The van der Waals surface area contributed by atoms with E-state index in [1.807, 2.05) is 0 Å². The van der Waals surface area contributed by atoms with E-state index in [-0.39, 0.29) is 12.1 Å². The van der Waals surface area contributed by atoms with E-state index in [1.54, 1.807) is 0 Å². The summed E-state index contributed by atoms with van der Waals surface area (Å²) in [4.78, 5) is 4.74. The van der Waals surface area contributed by atoms with Gasteiger partial charge in [0.05, 0.1) is 12.1 Å². The SMILES string of the molecule is CCCNC(CO)(CN(CC)CCCN(C)C)C1CC1. The fraction of sp³-hybridized carbons (Fsp3) is 1.00. The molecule has 2 N–H and O–H groups in total. The minimum Gasteiger partial charge on any atom is -0.394 e. The van der Waals surface area contributed by atoms with Crippen LogP contribution in [0, 0.1) is 5.92 Å². The van der Waals surface area contributed by atoms with Gasteiger partial charge in [-0.05, 0) is 71.9 Å². The lowest BCUT2D eigenvalue weighted by molar-refractivity contribution is 0.0911. The van der Waals surface area contributed by atoms with Crippen molar-refractivity contribution in [3.63, 3.8) is 0 Å². The highest BCUT2D eigenvalue weighted by molar-refractivity contribution is 5.02. The Morgan fingerprint density at radius 3 is 2.35 bits per heavy atom. The predicted molar refractivity (Wildman–Crippen MR) is 86.1 cm³/mol. The van der Waals surface area contributed by atoms with E-state index in [4.69, 9.17) is 0 Å². The fourth-order valence-electron chi connectivity index (χ4n) is 2.93. The van der Waals surface area contributed by atoms with Crippen molar-refractivity contribution in [2.75, 3.05) is 53.4 Å². The van der Waals surface area contributed by atoms with Crippen LogP contribution < -0.4 is 5.32 Å². The minimum absolute atomic E-state index is 0.0653. The summed E-state index contributed by atoms with van der Waals surface area (Å²) >= 11 is 0. The summed E-state index contributed by atoms with van der Waals surface area (Å²) in [5.41, 5.74) is -0.0653. The molecule has 1 atom stereocenters. The summed E-state index contributed by atoms with van der Waals surface area (Å²) in [5, 5.41) is 13.6. The fourth-order valence-corrected chi connectivity index (χ4v) is 2.93. The Morgan fingerprint density at radius 2 is 1.90 bits per heavy atom. The van der Waals surface area contributed by atoms with Crippen LogP contribution in [-0.4, -0.2) is 73.9 Å². The molecule has 1 unspecified atom stereocenters. The normalized spacial score (nSPS) is 18.8. The second-order valence-electron chi connectivity index (χ2n) is 6.54. The molecule has 1 rings (SSSR count). The first-order valence-electron chi connectivity index (χ1n) is 8.31. The molecule has 1 saturated carbocycles. The molecule has 1 aliphatic rings. The van der Waals surface area contributed by atoms with Crippen LogP contribution >= 0.6 is 0 Å². The van der Waals surface area contributed by atoms with Crippen molar-refractivity contribution >= 4 is 0 Å². The zero-order valence-electron chi connectivity index (χ0n) is 14.0. The van der Waals surface area contributed by atoms with E-state index in [9.17, 15) is 5.11 Å². The molecule has 0 aromatic carbocycles. The third-order valence-electron chi connectivity index (χ3n) is 4.40. The van der Waals surface area contributed by atoms with E-state index in [0.717, 1.165) is 39.1 Å². The highest BCUT2D eigenvalue weighted by Gasteiger charge is 2.45. The van der Waals surface area contributed by atoms with Crippen LogP contribution in [0.3, 0.4) is 0 Å². The Bertz CT molecular complexity index is 256. The predicted octanol–water partition coefficient (Wildman–Crippen LogP) is 1.40. The Kier molecular flexibility index (Phi) is 8.03. The van der Waals surface area contributed by atoms with Crippen LogP contribution in [0.5, 0.6) is 0 Å². The quantitative estimate of drug-likeness (QED) is 0.568. The minimum atomic E-state index is -0.0653. The van der Waals surface area contributed by atoms with E-state index < -0.39 is 0 Å². The van der Waals surface area contributed by atoms with Gasteiger partial charge in [0, 0.05) is 6.54 Å². The molecule has 0 spiro atoms. The van der Waals surface area contributed by atoms with E-state index >= 15 is 0 Å². The molecule has 0 amide bonds. The van der Waals surface area contributed by atoms with Gasteiger partial charge in [-0.2, -0.15) is 0 Å². The first-order valence-corrected chi connectivity index (χ1v) is 8.31. The highest BCUT2D eigenvalue weighted by atomic mass is 16.3. The van der Waals surface area contributed by atoms with Crippen molar-refractivity contribution in [2.24, 2.45) is 5.92 Å². The molecular formula is C16H35N3O. The van der Waals surface area contributed by atoms with Crippen molar-refractivity contribution in [3.8, 4) is 0 Å². The Balaban J connectivity index is 2.51. The third kappa shape index (κ3) is 5.68. The Labute approximate surface area is 125 Å². The van der Waals surface area contributed by atoms with Crippen LogP contribution in [-0.2, 0) is 0 Å². The standard InChI is InChI=1S/C16H35N3O/c1-5-10-17-16(14-20,15-8-9-15)13-19(6-2)12-7-11-18(3)4/h15,17,20H,5-14H2,1-4H3. The lowest BCUT2D eigenvalue weighted by Crippen LogP contribution is -2.58. The van der Waals surface area contributed by atoms with Gasteiger partial charge in [-0.25, -0.2) is 0 Å². The summed E-state index contributed by atoms with van der Waals surface area (Å²) in [6.45, 7) is 9.99. The van der Waals surface area contributed by atoms with Crippen molar-refractivity contribution in [2.45, 2.75) is 45.1 Å². The number of likely N-dealkylation sites (N-methyl/N-ethyl adjacent to an activating group) is 1. The van der Waals surface area contributed by atoms with Gasteiger partial charge in [0.15, 0.2) is 0 Å². The van der Waals surface area contributed by atoms with Gasteiger partial charge in [-0.1, -0.05) is 13.8 Å². The molecule has 20 heavy (non-hydrogen) atoms. The van der Waals surface area contributed by atoms with Crippen molar-refractivity contribution in [3.05, 3.63) is 0 Å². The maximum absolute atomic E-state index is 9.97. The maximum atomic E-state index is 9.97. The van der Waals surface area contributed by atoms with Gasteiger partial charge < -0.3 is 20.2 Å². The molecule has 0 aliphatic heterocycles. The number of nitrogens with zero attached hydrogens (tertiary/aromatic N) is 2. The molecule has 4 heteroatoms. The number of hydrogen-bond donors (Lipinski definition) is 2. The number of rotatable bonds is 12. The van der Waals surface area contributed by atoms with Gasteiger partial charge in [-0.15, -0.1) is 0 Å². The number of hydrogen-bond acceptors (Lipinski definition) is 4. The Hall–Kier alpha value is -0.160. The number of nitrogens with one attached hydrogen (secondary N) is 1. The molecule has 0 aromatic heterocycles. The maximum Gasteiger partial charge on any atom is 0.0628 e. The Morgan fingerprint density at radius 1 is 1.20 bits per heavy atom. The number of aliphatic hydroxyl groups is 1. The molecule has 120 valence electrons. The zero-order chi connectivity index (χ0) is 15.0. The number of aliphatic hydroxyl groups excluding tert-OH is 1. The van der Waals surface area contributed by atoms with E-state index in [1.165, 1.54) is 19.3 Å². The van der Waals surface area contributed by atoms with Gasteiger partial charge in [0.1, 0.15) is 0 Å². The summed E-state index contributed by atoms with van der Waals surface area (Å²) in [6, 6.07) is 0. The van der Waals surface area contributed by atoms with Crippen LogP contribution in [0.4, 0.5) is 0 Å². The van der Waals surface area contributed by atoms with Gasteiger partial charge in [0.25, 0.3) is 0 Å². The molecule has 0 radical (unpaired) electrons. The van der Waals surface area contributed by atoms with Crippen LogP contribution in [0.1, 0.15) is 39.5 Å². The smallest absolute Gasteiger partial charge is 0.0628 e. The lowest BCUT2D eigenvalue weighted by atomic mass is 9.92. The first-order chi connectivity index (χ1) is 9.57. The monoisotopic (exact) mass is 285 g/mol. The molecular weight excluding hydrogens is 250 g/mol. The summed E-state index contributed by atoms with van der Waals surface area (Å²) < 4.78 is 0. The summed E-state index contributed by atoms with van der Waals surface area (Å²) in [5.74, 6) is 0.668. The third-order valence-corrected chi connectivity index (χ3v) is 4.40.